The number of amides is 1. The highest BCUT2D eigenvalue weighted by molar-refractivity contribution is 7.89. The number of piperidine rings is 1. The molecule has 7 nitrogen and oxygen atoms in total. The monoisotopic (exact) mass is 470 g/mol. The first-order valence-corrected chi connectivity index (χ1v) is 12.5. The highest BCUT2D eigenvalue weighted by Gasteiger charge is 2.25. The van der Waals surface area contributed by atoms with Gasteiger partial charge in [-0.1, -0.05) is 18.6 Å². The number of carbonyl (C=O) groups excluding carboxylic acids is 1. The van der Waals surface area contributed by atoms with Crippen molar-refractivity contribution in [3.05, 3.63) is 71.7 Å². The summed E-state index contributed by atoms with van der Waals surface area (Å²) >= 11 is 0. The Kier molecular flexibility index (Phi) is 6.90. The zero-order chi connectivity index (χ0) is 23.4. The number of halogens is 1. The van der Waals surface area contributed by atoms with E-state index in [2.05, 4.69) is 10.4 Å². The summed E-state index contributed by atoms with van der Waals surface area (Å²) in [4.78, 5) is 12.8. The van der Waals surface area contributed by atoms with Crippen LogP contribution in [-0.4, -0.2) is 41.5 Å². The molecular weight excluding hydrogens is 443 g/mol. The molecule has 1 aliphatic rings. The zero-order valence-electron chi connectivity index (χ0n) is 18.5. The number of carbonyl (C=O) groups is 1. The summed E-state index contributed by atoms with van der Waals surface area (Å²) in [6, 6.07) is 14.4. The molecule has 1 saturated heterocycles. The van der Waals surface area contributed by atoms with E-state index in [0.29, 0.717) is 31.0 Å². The van der Waals surface area contributed by atoms with Crippen molar-refractivity contribution in [1.29, 1.82) is 0 Å². The average Bonchev–Trinajstić information content (AvgIpc) is 3.18. The van der Waals surface area contributed by atoms with E-state index >= 15 is 0 Å². The summed E-state index contributed by atoms with van der Waals surface area (Å²) in [5, 5.41) is 7.23. The number of aryl methyl sites for hydroxylation is 2. The van der Waals surface area contributed by atoms with E-state index < -0.39 is 10.0 Å². The Morgan fingerprint density at radius 1 is 1.03 bits per heavy atom. The summed E-state index contributed by atoms with van der Waals surface area (Å²) in [7, 11) is -3.46. The van der Waals surface area contributed by atoms with Gasteiger partial charge in [0.2, 0.25) is 15.9 Å². The second-order valence-electron chi connectivity index (χ2n) is 8.22. The Balaban J connectivity index is 1.37. The predicted molar refractivity (Wildman–Crippen MR) is 124 cm³/mol. The van der Waals surface area contributed by atoms with Crippen molar-refractivity contribution in [1.82, 2.24) is 14.1 Å². The summed E-state index contributed by atoms with van der Waals surface area (Å²) in [5.74, 6) is -0.0293. The molecule has 0 radical (unpaired) electrons. The Hall–Kier alpha value is -3.04. The van der Waals surface area contributed by atoms with E-state index in [4.69, 9.17) is 0 Å². The van der Waals surface area contributed by atoms with Crippen LogP contribution in [0.4, 0.5) is 10.2 Å². The fourth-order valence-electron chi connectivity index (χ4n) is 3.91. The number of anilines is 1. The van der Waals surface area contributed by atoms with E-state index in [1.54, 1.807) is 51.5 Å². The fraction of sp³-hybridized carbons (Fsp3) is 0.333. The van der Waals surface area contributed by atoms with Crippen LogP contribution >= 0.6 is 0 Å². The summed E-state index contributed by atoms with van der Waals surface area (Å²) in [5.41, 5.74) is 2.25. The van der Waals surface area contributed by atoms with Gasteiger partial charge in [0.15, 0.2) is 0 Å². The molecule has 0 bridgehead atoms. The molecule has 1 fully saturated rings. The van der Waals surface area contributed by atoms with Gasteiger partial charge < -0.3 is 5.32 Å². The van der Waals surface area contributed by atoms with Gasteiger partial charge in [0.25, 0.3) is 0 Å². The van der Waals surface area contributed by atoms with Crippen molar-refractivity contribution < 1.29 is 17.6 Å². The van der Waals surface area contributed by atoms with E-state index in [9.17, 15) is 17.6 Å². The van der Waals surface area contributed by atoms with Crippen molar-refractivity contribution in [2.45, 2.75) is 43.9 Å². The molecule has 2 heterocycles. The van der Waals surface area contributed by atoms with Gasteiger partial charge in [0.05, 0.1) is 16.3 Å². The molecule has 1 amide bonds. The Morgan fingerprint density at radius 2 is 1.70 bits per heavy atom. The first-order chi connectivity index (χ1) is 15.8. The Bertz CT molecular complexity index is 1220. The number of hydrogen-bond acceptors (Lipinski definition) is 4. The third-order valence-corrected chi connectivity index (χ3v) is 7.60. The maximum Gasteiger partial charge on any atom is 0.243 e. The molecule has 3 aromatic rings. The van der Waals surface area contributed by atoms with E-state index in [-0.39, 0.29) is 23.0 Å². The molecular formula is C24H27FN4O3S. The number of aromatic nitrogens is 2. The highest BCUT2D eigenvalue weighted by atomic mass is 32.2. The molecule has 0 unspecified atom stereocenters. The molecule has 0 spiro atoms. The molecule has 0 aliphatic carbocycles. The molecule has 9 heteroatoms. The van der Waals surface area contributed by atoms with Gasteiger partial charge in [-0.2, -0.15) is 9.40 Å². The predicted octanol–water partition coefficient (Wildman–Crippen LogP) is 4.07. The Morgan fingerprint density at radius 3 is 2.36 bits per heavy atom. The average molecular weight is 471 g/mol. The van der Waals surface area contributed by atoms with Crippen molar-refractivity contribution in [3.63, 3.8) is 0 Å². The molecule has 1 aliphatic heterocycles. The summed E-state index contributed by atoms with van der Waals surface area (Å²) in [6.45, 7) is 2.95. The lowest BCUT2D eigenvalue weighted by atomic mass is 10.1. The third-order valence-electron chi connectivity index (χ3n) is 5.69. The Labute approximate surface area is 193 Å². The summed E-state index contributed by atoms with van der Waals surface area (Å²) in [6.07, 6.45) is 3.56. The van der Waals surface area contributed by atoms with E-state index in [1.165, 1.54) is 12.1 Å². The second kappa shape index (κ2) is 9.84. The first-order valence-electron chi connectivity index (χ1n) is 11.0. The molecule has 4 rings (SSSR count). The van der Waals surface area contributed by atoms with Crippen LogP contribution in [0.2, 0.25) is 0 Å². The quantitative estimate of drug-likeness (QED) is 0.564. The molecule has 2 aromatic carbocycles. The molecule has 0 saturated carbocycles. The lowest BCUT2D eigenvalue weighted by Crippen LogP contribution is -2.35. The molecule has 1 N–H and O–H groups in total. The first kappa shape index (κ1) is 23.1. The lowest BCUT2D eigenvalue weighted by molar-refractivity contribution is -0.116. The van der Waals surface area contributed by atoms with Gasteiger partial charge in [0, 0.05) is 25.6 Å². The van der Waals surface area contributed by atoms with Crippen LogP contribution in [-0.2, 0) is 21.2 Å². The SMILES string of the molecule is Cc1cc(NC(=O)CCc2ccc(S(=O)(=O)N3CCCCC3)cc2)n(-c2ccc(F)cc2)n1. The normalized spacial score (nSPS) is 14.8. The third kappa shape index (κ3) is 5.48. The zero-order valence-corrected chi connectivity index (χ0v) is 19.3. The van der Waals surface area contributed by atoms with Crippen LogP contribution in [0.5, 0.6) is 0 Å². The van der Waals surface area contributed by atoms with Crippen LogP contribution in [0.3, 0.4) is 0 Å². The number of sulfonamides is 1. The standard InChI is InChI=1S/C24H27FN4O3S/c1-18-17-23(29(27-18)21-10-8-20(25)9-11-21)26-24(30)14-7-19-5-12-22(13-6-19)33(31,32)28-15-3-2-4-16-28/h5-6,8-13,17H,2-4,7,14-16H2,1H3,(H,26,30). The van der Waals surface area contributed by atoms with Crippen molar-refractivity contribution >= 4 is 21.7 Å². The minimum atomic E-state index is -3.46. The molecule has 174 valence electrons. The topological polar surface area (TPSA) is 84.3 Å². The van der Waals surface area contributed by atoms with Crippen molar-refractivity contribution in [2.75, 3.05) is 18.4 Å². The van der Waals surface area contributed by atoms with Gasteiger partial charge in [-0.05, 0) is 68.1 Å². The highest BCUT2D eigenvalue weighted by Crippen LogP contribution is 2.22. The second-order valence-corrected chi connectivity index (χ2v) is 10.2. The number of hydrogen-bond donors (Lipinski definition) is 1. The van der Waals surface area contributed by atoms with Crippen molar-refractivity contribution in [2.24, 2.45) is 0 Å². The number of nitrogens with one attached hydrogen (secondary N) is 1. The largest absolute Gasteiger partial charge is 0.311 e. The van der Waals surface area contributed by atoms with Crippen LogP contribution in [0, 0.1) is 12.7 Å². The van der Waals surface area contributed by atoms with E-state index in [0.717, 1.165) is 30.5 Å². The molecule has 0 atom stereocenters. The van der Waals surface area contributed by atoms with E-state index in [1.807, 2.05) is 6.92 Å². The van der Waals surface area contributed by atoms with Crippen LogP contribution in [0.25, 0.3) is 5.69 Å². The maximum absolute atomic E-state index is 13.2. The number of benzene rings is 2. The minimum Gasteiger partial charge on any atom is -0.311 e. The smallest absolute Gasteiger partial charge is 0.243 e. The van der Waals surface area contributed by atoms with Gasteiger partial charge in [0.1, 0.15) is 11.6 Å². The van der Waals surface area contributed by atoms with Crippen molar-refractivity contribution in [3.8, 4) is 5.69 Å². The minimum absolute atomic E-state index is 0.191. The van der Waals surface area contributed by atoms with Gasteiger partial charge in [-0.25, -0.2) is 17.5 Å². The van der Waals surface area contributed by atoms with Crippen LogP contribution < -0.4 is 5.32 Å². The number of rotatable bonds is 7. The van der Waals surface area contributed by atoms with Crippen LogP contribution in [0.15, 0.2) is 59.5 Å². The van der Waals surface area contributed by atoms with Gasteiger partial charge in [-0.15, -0.1) is 0 Å². The fourth-order valence-corrected chi connectivity index (χ4v) is 5.43. The van der Waals surface area contributed by atoms with Gasteiger partial charge in [-0.3, -0.25) is 4.79 Å². The maximum atomic E-state index is 13.2. The van der Waals surface area contributed by atoms with Gasteiger partial charge >= 0.3 is 0 Å². The van der Waals surface area contributed by atoms with Crippen LogP contribution in [0.1, 0.15) is 36.9 Å². The molecule has 33 heavy (non-hydrogen) atoms. The summed E-state index contributed by atoms with van der Waals surface area (Å²) < 4.78 is 41.9. The lowest BCUT2D eigenvalue weighted by Gasteiger charge is -2.25. The molecule has 1 aromatic heterocycles. The number of nitrogens with zero attached hydrogens (tertiary/aromatic N) is 3.